The lowest BCUT2D eigenvalue weighted by atomic mass is 10.2. The van der Waals surface area contributed by atoms with Gasteiger partial charge in [0.05, 0.1) is 5.88 Å². The van der Waals surface area contributed by atoms with Crippen molar-refractivity contribution in [2.45, 2.75) is 39.0 Å². The number of carbonyl (C=O) groups is 2. The molecule has 1 aromatic rings. The van der Waals surface area contributed by atoms with E-state index in [9.17, 15) is 9.59 Å². The molecular formula is C16H22N2O3S. The van der Waals surface area contributed by atoms with Crippen molar-refractivity contribution in [3.05, 3.63) is 35.9 Å². The van der Waals surface area contributed by atoms with Gasteiger partial charge in [-0.1, -0.05) is 30.3 Å². The third-order valence-electron chi connectivity index (χ3n) is 3.12. The lowest BCUT2D eigenvalue weighted by Crippen LogP contribution is -2.48. The lowest BCUT2D eigenvalue weighted by Gasteiger charge is -2.27. The van der Waals surface area contributed by atoms with E-state index in [2.05, 4.69) is 5.32 Å². The average Bonchev–Trinajstić information content (AvgIpc) is 2.93. The highest BCUT2D eigenvalue weighted by molar-refractivity contribution is 7.99. The van der Waals surface area contributed by atoms with Crippen LogP contribution in [-0.2, 0) is 16.1 Å². The summed E-state index contributed by atoms with van der Waals surface area (Å²) >= 11 is 1.56. The molecule has 0 bridgehead atoms. The summed E-state index contributed by atoms with van der Waals surface area (Å²) in [6.07, 6.45) is -0.433. The Morgan fingerprint density at radius 2 is 2.00 bits per heavy atom. The second-order valence-electron chi connectivity index (χ2n) is 6.17. The lowest BCUT2D eigenvalue weighted by molar-refractivity contribution is -0.125. The highest BCUT2D eigenvalue weighted by Crippen LogP contribution is 2.23. The third kappa shape index (κ3) is 4.66. The smallest absolute Gasteiger partial charge is 0.411 e. The fourth-order valence-electron chi connectivity index (χ4n) is 2.06. The number of hydrogen-bond donors (Lipinski definition) is 1. The molecule has 1 fully saturated rings. The molecule has 0 radical (unpaired) electrons. The van der Waals surface area contributed by atoms with Crippen LogP contribution in [0.1, 0.15) is 26.3 Å². The van der Waals surface area contributed by atoms with Crippen molar-refractivity contribution >= 4 is 23.8 Å². The maximum atomic E-state index is 12.3. The fraction of sp³-hybridized carbons (Fsp3) is 0.500. The van der Waals surface area contributed by atoms with Crippen LogP contribution in [-0.4, -0.2) is 40.2 Å². The van der Waals surface area contributed by atoms with Crippen LogP contribution in [0.5, 0.6) is 0 Å². The van der Waals surface area contributed by atoms with Crippen LogP contribution < -0.4 is 5.32 Å². The van der Waals surface area contributed by atoms with Crippen molar-refractivity contribution in [2.75, 3.05) is 11.6 Å². The van der Waals surface area contributed by atoms with Crippen LogP contribution in [0.3, 0.4) is 0 Å². The summed E-state index contributed by atoms with van der Waals surface area (Å²) in [5.41, 5.74) is 0.473. The maximum absolute atomic E-state index is 12.3. The first kappa shape index (κ1) is 16.7. The van der Waals surface area contributed by atoms with E-state index in [1.165, 1.54) is 4.90 Å². The predicted molar refractivity (Wildman–Crippen MR) is 87.5 cm³/mol. The van der Waals surface area contributed by atoms with Crippen molar-refractivity contribution in [1.82, 2.24) is 10.2 Å². The molecule has 1 saturated heterocycles. The Hall–Kier alpha value is -1.69. The van der Waals surface area contributed by atoms with Gasteiger partial charge in [0.2, 0.25) is 5.91 Å². The molecule has 22 heavy (non-hydrogen) atoms. The summed E-state index contributed by atoms with van der Waals surface area (Å²) in [6, 6.07) is 9.23. The molecule has 1 atom stereocenters. The molecule has 0 spiro atoms. The molecule has 2 amide bonds. The topological polar surface area (TPSA) is 58.6 Å². The quantitative estimate of drug-likeness (QED) is 0.929. The standard InChI is InChI=1S/C16H22N2O3S/c1-16(2,3)21-15(20)18-11-22-10-13(18)14(19)17-9-12-7-5-4-6-8-12/h4-8,13H,9-11H2,1-3H3,(H,17,19). The van der Waals surface area contributed by atoms with E-state index in [0.717, 1.165) is 5.56 Å². The summed E-state index contributed by atoms with van der Waals surface area (Å²) in [5.74, 6) is 0.942. The molecule has 5 nitrogen and oxygen atoms in total. The highest BCUT2D eigenvalue weighted by atomic mass is 32.2. The molecule has 1 N–H and O–H groups in total. The Kier molecular flexibility index (Phi) is 5.34. The second kappa shape index (κ2) is 7.05. The molecule has 120 valence electrons. The van der Waals surface area contributed by atoms with Gasteiger partial charge in [0.1, 0.15) is 11.6 Å². The van der Waals surface area contributed by atoms with Crippen molar-refractivity contribution < 1.29 is 14.3 Å². The molecule has 1 aliphatic heterocycles. The summed E-state index contributed by atoms with van der Waals surface area (Å²) in [6.45, 7) is 5.92. The third-order valence-corrected chi connectivity index (χ3v) is 4.13. The fourth-order valence-corrected chi connectivity index (χ4v) is 3.21. The molecule has 1 unspecified atom stereocenters. The van der Waals surface area contributed by atoms with E-state index < -0.39 is 17.7 Å². The normalized spacial score (nSPS) is 18.1. The van der Waals surface area contributed by atoms with Gasteiger partial charge in [-0.3, -0.25) is 9.69 Å². The number of carbonyl (C=O) groups excluding carboxylic acids is 2. The maximum Gasteiger partial charge on any atom is 0.411 e. The van der Waals surface area contributed by atoms with Crippen molar-refractivity contribution in [1.29, 1.82) is 0 Å². The highest BCUT2D eigenvalue weighted by Gasteiger charge is 2.36. The Morgan fingerprint density at radius 3 is 2.64 bits per heavy atom. The number of rotatable bonds is 3. The average molecular weight is 322 g/mol. The van der Waals surface area contributed by atoms with Crippen molar-refractivity contribution in [3.63, 3.8) is 0 Å². The van der Waals surface area contributed by atoms with Crippen molar-refractivity contribution in [2.24, 2.45) is 0 Å². The SMILES string of the molecule is CC(C)(C)OC(=O)N1CSCC1C(=O)NCc1ccccc1. The molecule has 0 saturated carbocycles. The molecule has 2 rings (SSSR count). The zero-order valence-electron chi connectivity index (χ0n) is 13.2. The number of nitrogens with one attached hydrogen (secondary N) is 1. The monoisotopic (exact) mass is 322 g/mol. The molecule has 0 aliphatic carbocycles. The number of benzene rings is 1. The van der Waals surface area contributed by atoms with Crippen molar-refractivity contribution in [3.8, 4) is 0 Å². The molecule has 0 aromatic heterocycles. The molecule has 1 heterocycles. The van der Waals surface area contributed by atoms with Crippen LogP contribution in [0.2, 0.25) is 0 Å². The van der Waals surface area contributed by atoms with Crippen LogP contribution in [0.25, 0.3) is 0 Å². The predicted octanol–water partition coefficient (Wildman–Crippen LogP) is 2.61. The van der Waals surface area contributed by atoms with E-state index >= 15 is 0 Å². The first-order valence-electron chi connectivity index (χ1n) is 7.26. The summed E-state index contributed by atoms with van der Waals surface area (Å²) in [4.78, 5) is 26.0. The molecule has 6 heteroatoms. The van der Waals surface area contributed by atoms with Gasteiger partial charge in [-0.25, -0.2) is 4.79 Å². The minimum Gasteiger partial charge on any atom is -0.444 e. The van der Waals surface area contributed by atoms with Gasteiger partial charge in [0.15, 0.2) is 0 Å². The van der Waals surface area contributed by atoms with Gasteiger partial charge >= 0.3 is 6.09 Å². The first-order chi connectivity index (χ1) is 10.4. The zero-order chi connectivity index (χ0) is 16.2. The number of amides is 2. The Labute approximate surface area is 135 Å². The van der Waals surface area contributed by atoms with Crippen LogP contribution in [0.4, 0.5) is 4.79 Å². The number of hydrogen-bond acceptors (Lipinski definition) is 4. The number of nitrogens with zero attached hydrogens (tertiary/aromatic N) is 1. The number of ether oxygens (including phenoxy) is 1. The summed E-state index contributed by atoms with van der Waals surface area (Å²) in [5, 5.41) is 2.89. The Balaban J connectivity index is 1.92. The Morgan fingerprint density at radius 1 is 1.32 bits per heavy atom. The van der Waals surface area contributed by atoms with Gasteiger partial charge in [-0.2, -0.15) is 0 Å². The van der Waals surface area contributed by atoms with Gasteiger partial charge < -0.3 is 10.1 Å². The van der Waals surface area contributed by atoms with Crippen LogP contribution in [0.15, 0.2) is 30.3 Å². The van der Waals surface area contributed by atoms with E-state index in [4.69, 9.17) is 4.74 Å². The Bertz CT molecular complexity index is 528. The van der Waals surface area contributed by atoms with Crippen LogP contribution in [0, 0.1) is 0 Å². The summed E-state index contributed by atoms with van der Waals surface area (Å²) < 4.78 is 5.36. The van der Waals surface area contributed by atoms with Crippen LogP contribution >= 0.6 is 11.8 Å². The minimum atomic E-state index is -0.560. The van der Waals surface area contributed by atoms with E-state index in [1.807, 2.05) is 51.1 Å². The van der Waals surface area contributed by atoms with E-state index in [-0.39, 0.29) is 5.91 Å². The van der Waals surface area contributed by atoms with Gasteiger partial charge in [0.25, 0.3) is 0 Å². The van der Waals surface area contributed by atoms with E-state index in [0.29, 0.717) is 18.2 Å². The summed E-state index contributed by atoms with van der Waals surface area (Å²) in [7, 11) is 0. The van der Waals surface area contributed by atoms with Gasteiger partial charge in [0, 0.05) is 12.3 Å². The molecule has 1 aliphatic rings. The zero-order valence-corrected chi connectivity index (χ0v) is 14.0. The van der Waals surface area contributed by atoms with Gasteiger partial charge in [-0.15, -0.1) is 11.8 Å². The van der Waals surface area contributed by atoms with E-state index in [1.54, 1.807) is 11.8 Å². The number of thioether (sulfide) groups is 1. The second-order valence-corrected chi connectivity index (χ2v) is 7.17. The minimum absolute atomic E-state index is 0.139. The van der Waals surface area contributed by atoms with Gasteiger partial charge in [-0.05, 0) is 26.3 Å². The largest absolute Gasteiger partial charge is 0.444 e. The molecule has 1 aromatic carbocycles. The first-order valence-corrected chi connectivity index (χ1v) is 8.41. The molecular weight excluding hydrogens is 300 g/mol.